The standard InChI is InChI=1S/C11H22N2O2/c1-9(14)10-5-3-4-7-13(10)8-6-11(15)12-2/h9-10,14H,3-8H2,1-2H3,(H,12,15). The van der Waals surface area contributed by atoms with E-state index in [2.05, 4.69) is 10.2 Å². The van der Waals surface area contributed by atoms with E-state index < -0.39 is 0 Å². The molecule has 1 heterocycles. The third kappa shape index (κ3) is 3.80. The average molecular weight is 214 g/mol. The van der Waals surface area contributed by atoms with Gasteiger partial charge in [0.2, 0.25) is 5.91 Å². The average Bonchev–Trinajstić information content (AvgIpc) is 2.26. The Morgan fingerprint density at radius 1 is 1.60 bits per heavy atom. The first kappa shape index (κ1) is 12.5. The number of piperidine rings is 1. The molecule has 0 aromatic carbocycles. The second-order valence-corrected chi connectivity index (χ2v) is 4.26. The predicted molar refractivity (Wildman–Crippen MR) is 59.6 cm³/mol. The summed E-state index contributed by atoms with van der Waals surface area (Å²) in [6.07, 6.45) is 3.64. The van der Waals surface area contributed by atoms with E-state index in [1.165, 1.54) is 12.8 Å². The Labute approximate surface area is 91.6 Å². The quantitative estimate of drug-likeness (QED) is 0.710. The third-order valence-corrected chi connectivity index (χ3v) is 3.13. The van der Waals surface area contributed by atoms with Crippen molar-refractivity contribution in [2.45, 2.75) is 44.8 Å². The molecule has 1 aliphatic rings. The fraction of sp³-hybridized carbons (Fsp3) is 0.909. The number of amides is 1. The number of rotatable bonds is 4. The number of hydrogen-bond donors (Lipinski definition) is 2. The summed E-state index contributed by atoms with van der Waals surface area (Å²) in [4.78, 5) is 13.4. The van der Waals surface area contributed by atoms with Crippen LogP contribution in [0.3, 0.4) is 0 Å². The minimum atomic E-state index is -0.296. The third-order valence-electron chi connectivity index (χ3n) is 3.13. The summed E-state index contributed by atoms with van der Waals surface area (Å²) < 4.78 is 0. The predicted octanol–water partition coefficient (Wildman–Crippen LogP) is 0.358. The van der Waals surface area contributed by atoms with Crippen LogP contribution in [-0.4, -0.2) is 48.2 Å². The molecular formula is C11H22N2O2. The number of nitrogens with one attached hydrogen (secondary N) is 1. The molecule has 1 aliphatic heterocycles. The van der Waals surface area contributed by atoms with Crippen LogP contribution in [0.2, 0.25) is 0 Å². The highest BCUT2D eigenvalue weighted by atomic mass is 16.3. The largest absolute Gasteiger partial charge is 0.392 e. The van der Waals surface area contributed by atoms with Crippen LogP contribution < -0.4 is 5.32 Å². The zero-order chi connectivity index (χ0) is 11.3. The van der Waals surface area contributed by atoms with Crippen molar-refractivity contribution in [3.63, 3.8) is 0 Å². The highest BCUT2D eigenvalue weighted by molar-refractivity contribution is 5.75. The van der Waals surface area contributed by atoms with Gasteiger partial charge in [0.1, 0.15) is 0 Å². The highest BCUT2D eigenvalue weighted by Crippen LogP contribution is 2.19. The van der Waals surface area contributed by atoms with E-state index >= 15 is 0 Å². The highest BCUT2D eigenvalue weighted by Gasteiger charge is 2.25. The Hall–Kier alpha value is -0.610. The Kier molecular flexibility index (Phi) is 5.05. The SMILES string of the molecule is CNC(=O)CCN1CCCCC1C(C)O. The summed E-state index contributed by atoms with van der Waals surface area (Å²) in [6, 6.07) is 0.239. The molecule has 2 N–H and O–H groups in total. The van der Waals surface area contributed by atoms with Gasteiger partial charge in [-0.15, -0.1) is 0 Å². The zero-order valence-corrected chi connectivity index (χ0v) is 9.70. The summed E-state index contributed by atoms with van der Waals surface area (Å²) in [7, 11) is 1.66. The molecule has 0 aliphatic carbocycles. The fourth-order valence-electron chi connectivity index (χ4n) is 2.21. The number of aliphatic hydroxyl groups excluding tert-OH is 1. The molecule has 2 atom stereocenters. The Bertz CT molecular complexity index is 207. The van der Waals surface area contributed by atoms with Gasteiger partial charge in [-0.05, 0) is 26.3 Å². The van der Waals surface area contributed by atoms with E-state index in [0.29, 0.717) is 6.42 Å². The Morgan fingerprint density at radius 3 is 2.93 bits per heavy atom. The summed E-state index contributed by atoms with van der Waals surface area (Å²) in [5, 5.41) is 12.2. The maximum atomic E-state index is 11.1. The molecule has 4 nitrogen and oxygen atoms in total. The van der Waals surface area contributed by atoms with E-state index in [-0.39, 0.29) is 18.1 Å². The number of nitrogens with zero attached hydrogens (tertiary/aromatic N) is 1. The molecule has 2 unspecified atom stereocenters. The molecule has 0 saturated carbocycles. The Morgan fingerprint density at radius 2 is 2.33 bits per heavy atom. The number of likely N-dealkylation sites (tertiary alicyclic amines) is 1. The normalized spacial score (nSPS) is 24.9. The molecule has 1 rings (SSSR count). The smallest absolute Gasteiger partial charge is 0.221 e. The summed E-state index contributed by atoms with van der Waals surface area (Å²) >= 11 is 0. The van der Waals surface area contributed by atoms with Gasteiger partial charge in [0.05, 0.1) is 6.10 Å². The van der Waals surface area contributed by atoms with Crippen LogP contribution in [0.25, 0.3) is 0 Å². The molecule has 0 bridgehead atoms. The minimum Gasteiger partial charge on any atom is -0.392 e. The van der Waals surface area contributed by atoms with Crippen LogP contribution in [0.4, 0.5) is 0 Å². The van der Waals surface area contributed by atoms with Gasteiger partial charge in [-0.1, -0.05) is 6.42 Å². The molecule has 15 heavy (non-hydrogen) atoms. The van der Waals surface area contributed by atoms with E-state index in [1.54, 1.807) is 7.05 Å². The van der Waals surface area contributed by atoms with E-state index in [1.807, 2.05) is 6.92 Å². The first-order valence-corrected chi connectivity index (χ1v) is 5.78. The van der Waals surface area contributed by atoms with Crippen molar-refractivity contribution in [3.8, 4) is 0 Å². The van der Waals surface area contributed by atoms with Crippen LogP contribution in [0.15, 0.2) is 0 Å². The van der Waals surface area contributed by atoms with Crippen LogP contribution >= 0.6 is 0 Å². The lowest BCUT2D eigenvalue weighted by Gasteiger charge is -2.37. The molecule has 0 radical (unpaired) electrons. The minimum absolute atomic E-state index is 0.0740. The lowest BCUT2D eigenvalue weighted by atomic mass is 9.98. The van der Waals surface area contributed by atoms with E-state index in [9.17, 15) is 9.90 Å². The van der Waals surface area contributed by atoms with Crippen LogP contribution in [-0.2, 0) is 4.79 Å². The fourth-order valence-corrected chi connectivity index (χ4v) is 2.21. The van der Waals surface area contributed by atoms with Crippen LogP contribution in [0, 0.1) is 0 Å². The van der Waals surface area contributed by atoms with Crippen molar-refractivity contribution < 1.29 is 9.90 Å². The molecule has 1 amide bonds. The van der Waals surface area contributed by atoms with Gasteiger partial charge in [-0.2, -0.15) is 0 Å². The first-order chi connectivity index (χ1) is 7.15. The van der Waals surface area contributed by atoms with Crippen molar-refractivity contribution in [2.24, 2.45) is 0 Å². The van der Waals surface area contributed by atoms with Gasteiger partial charge in [0.25, 0.3) is 0 Å². The van der Waals surface area contributed by atoms with Crippen molar-refractivity contribution in [3.05, 3.63) is 0 Å². The van der Waals surface area contributed by atoms with Gasteiger partial charge in [-0.25, -0.2) is 0 Å². The van der Waals surface area contributed by atoms with Crippen LogP contribution in [0.5, 0.6) is 0 Å². The topological polar surface area (TPSA) is 52.6 Å². The van der Waals surface area contributed by atoms with Gasteiger partial charge < -0.3 is 10.4 Å². The molecule has 1 fully saturated rings. The summed E-state index contributed by atoms with van der Waals surface area (Å²) in [5.41, 5.74) is 0. The van der Waals surface area contributed by atoms with Crippen LogP contribution in [0.1, 0.15) is 32.6 Å². The lowest BCUT2D eigenvalue weighted by molar-refractivity contribution is -0.121. The van der Waals surface area contributed by atoms with Crippen molar-refractivity contribution >= 4 is 5.91 Å². The summed E-state index contributed by atoms with van der Waals surface area (Å²) in [5.74, 6) is 0.0740. The molecule has 88 valence electrons. The number of aliphatic hydroxyl groups is 1. The first-order valence-electron chi connectivity index (χ1n) is 5.78. The molecule has 4 heteroatoms. The molecule has 0 spiro atoms. The summed E-state index contributed by atoms with van der Waals surface area (Å²) in [6.45, 7) is 3.60. The van der Waals surface area contributed by atoms with Crippen molar-refractivity contribution in [2.75, 3.05) is 20.1 Å². The van der Waals surface area contributed by atoms with E-state index in [0.717, 1.165) is 19.5 Å². The van der Waals surface area contributed by atoms with Gasteiger partial charge in [0.15, 0.2) is 0 Å². The maximum absolute atomic E-state index is 11.1. The lowest BCUT2D eigenvalue weighted by Crippen LogP contribution is -2.46. The molecular weight excluding hydrogens is 192 g/mol. The van der Waals surface area contributed by atoms with Gasteiger partial charge in [0, 0.05) is 26.1 Å². The number of hydrogen-bond acceptors (Lipinski definition) is 3. The Balaban J connectivity index is 2.39. The monoisotopic (exact) mass is 214 g/mol. The van der Waals surface area contributed by atoms with E-state index in [4.69, 9.17) is 0 Å². The second-order valence-electron chi connectivity index (χ2n) is 4.26. The van der Waals surface area contributed by atoms with Gasteiger partial charge in [-0.3, -0.25) is 9.69 Å². The molecule has 1 saturated heterocycles. The number of carbonyl (C=O) groups is 1. The number of carbonyl (C=O) groups excluding carboxylic acids is 1. The maximum Gasteiger partial charge on any atom is 0.221 e. The molecule has 0 aromatic rings. The van der Waals surface area contributed by atoms with Crippen molar-refractivity contribution in [1.82, 2.24) is 10.2 Å². The zero-order valence-electron chi connectivity index (χ0n) is 9.70. The van der Waals surface area contributed by atoms with Crippen molar-refractivity contribution in [1.29, 1.82) is 0 Å². The second kappa shape index (κ2) is 6.08. The molecule has 0 aromatic heterocycles. The van der Waals surface area contributed by atoms with Gasteiger partial charge >= 0.3 is 0 Å².